The van der Waals surface area contributed by atoms with Crippen molar-refractivity contribution >= 4 is 19.7 Å². The predicted octanol–water partition coefficient (Wildman–Crippen LogP) is 19.4. The van der Waals surface area contributed by atoms with Gasteiger partial charge in [-0.25, -0.2) is 0 Å². The number of esters is 1. The molecule has 0 aromatic rings. The Morgan fingerprint density at radius 2 is 0.805 bits per heavy atom. The summed E-state index contributed by atoms with van der Waals surface area (Å²) in [7, 11) is 1.16. The third-order valence-corrected chi connectivity index (χ3v) is 15.1. The third-order valence-electron chi connectivity index (χ3n) is 14.1. The van der Waals surface area contributed by atoms with Gasteiger partial charge in [0.15, 0.2) is 0 Å². The number of hydrogen-bond acceptors (Lipinski definition) is 7. The highest BCUT2D eigenvalue weighted by atomic mass is 31.2. The van der Waals surface area contributed by atoms with E-state index < -0.39 is 32.5 Å². The van der Waals surface area contributed by atoms with Gasteiger partial charge >= 0.3 is 5.97 Å². The molecular weight excluding hydrogens is 976 g/mol. The average Bonchev–Trinajstić information content (AvgIpc) is 3.39. The standard InChI is InChI=1S/C67H123N2O7P/c1-7-10-13-16-19-22-25-28-29-30-31-32-33-34-35-36-37-38-39-42-44-47-50-53-56-59-66(70)68-64(63-75-77(72,73)74-62-61-69(4,5)6)65(58-55-52-49-46-43-40-26-23-20-17-14-11-8-2)76-67(71)60-57-54-51-48-45-41-27-24-21-18-15-12-9-3/h19,22,28-29,31-32,41,45,51,54-55,58,64-65H,7-18,20-21,23-27,30,33-40,42-44,46-50,52-53,56-57,59-63H2,1-6H3,(H-,68,70,72,73)/b22-19-,29-28-,32-31-,45-41-,54-51+,58-55-. The Hall–Kier alpha value is -2.55. The third kappa shape index (κ3) is 57.9. The molecular formula is C67H123N2O7P. The number of likely N-dealkylation sites (N-methyl/N-ethyl adjacent to an activating group) is 1. The van der Waals surface area contributed by atoms with E-state index in [1.54, 1.807) is 0 Å². The van der Waals surface area contributed by atoms with Crippen molar-refractivity contribution in [3.63, 3.8) is 0 Å². The molecule has 0 aliphatic carbocycles. The summed E-state index contributed by atoms with van der Waals surface area (Å²) >= 11 is 0. The Morgan fingerprint density at radius 1 is 0.455 bits per heavy atom. The van der Waals surface area contributed by atoms with Crippen LogP contribution >= 0.6 is 7.82 Å². The van der Waals surface area contributed by atoms with Crippen molar-refractivity contribution in [3.05, 3.63) is 72.9 Å². The number of unbranched alkanes of at least 4 members (excludes halogenated alkanes) is 32. The number of ether oxygens (including phenoxy) is 1. The van der Waals surface area contributed by atoms with E-state index in [4.69, 9.17) is 13.8 Å². The number of allylic oxidation sites excluding steroid dienone is 11. The van der Waals surface area contributed by atoms with Gasteiger partial charge in [0.25, 0.3) is 7.82 Å². The number of carbonyl (C=O) groups is 2. The van der Waals surface area contributed by atoms with Crippen LogP contribution in [0.1, 0.15) is 290 Å². The first-order valence-corrected chi connectivity index (χ1v) is 33.7. The molecule has 0 aliphatic heterocycles. The largest absolute Gasteiger partial charge is 0.756 e. The van der Waals surface area contributed by atoms with E-state index in [2.05, 4.69) is 80.8 Å². The van der Waals surface area contributed by atoms with E-state index in [0.717, 1.165) is 70.6 Å². The Bertz CT molecular complexity index is 1550. The molecule has 0 rings (SSSR count). The summed E-state index contributed by atoms with van der Waals surface area (Å²) < 4.78 is 30.3. The van der Waals surface area contributed by atoms with Gasteiger partial charge in [-0.15, -0.1) is 0 Å². The van der Waals surface area contributed by atoms with Crippen molar-refractivity contribution in [3.8, 4) is 0 Å². The van der Waals surface area contributed by atoms with Crippen molar-refractivity contribution in [2.75, 3.05) is 40.9 Å². The topological polar surface area (TPSA) is 114 Å². The lowest BCUT2D eigenvalue weighted by Crippen LogP contribution is -2.47. The Morgan fingerprint density at radius 3 is 1.23 bits per heavy atom. The molecule has 1 amide bonds. The van der Waals surface area contributed by atoms with Gasteiger partial charge in [0.2, 0.25) is 5.91 Å². The van der Waals surface area contributed by atoms with Crippen LogP contribution in [0, 0.1) is 0 Å². The van der Waals surface area contributed by atoms with Crippen molar-refractivity contribution < 1.29 is 37.3 Å². The smallest absolute Gasteiger partial charge is 0.306 e. The highest BCUT2D eigenvalue weighted by Gasteiger charge is 2.27. The molecule has 0 bridgehead atoms. The van der Waals surface area contributed by atoms with Crippen molar-refractivity contribution in [1.82, 2.24) is 5.32 Å². The average molecular weight is 1100 g/mol. The summed E-state index contributed by atoms with van der Waals surface area (Å²) in [6, 6.07) is -0.913. The molecule has 0 fully saturated rings. The first-order chi connectivity index (χ1) is 37.4. The molecule has 0 radical (unpaired) electrons. The summed E-state index contributed by atoms with van der Waals surface area (Å²) in [6.45, 7) is 6.78. The molecule has 3 unspecified atom stereocenters. The van der Waals surface area contributed by atoms with Crippen LogP contribution in [0.3, 0.4) is 0 Å². The molecule has 10 heteroatoms. The van der Waals surface area contributed by atoms with E-state index in [1.807, 2.05) is 39.4 Å². The second-order valence-corrected chi connectivity index (χ2v) is 24.3. The summed E-state index contributed by atoms with van der Waals surface area (Å²) in [5.74, 6) is -0.617. The second kappa shape index (κ2) is 56.7. The lowest BCUT2D eigenvalue weighted by atomic mass is 10.0. The van der Waals surface area contributed by atoms with E-state index in [9.17, 15) is 19.0 Å². The zero-order valence-electron chi connectivity index (χ0n) is 51.2. The fraction of sp³-hybridized carbons (Fsp3) is 0.791. The summed E-state index contributed by atoms with van der Waals surface area (Å²) in [6.07, 6.45) is 73.2. The molecule has 9 nitrogen and oxygen atoms in total. The molecule has 0 saturated carbocycles. The molecule has 0 spiro atoms. The van der Waals surface area contributed by atoms with E-state index in [-0.39, 0.29) is 18.9 Å². The summed E-state index contributed by atoms with van der Waals surface area (Å²) in [4.78, 5) is 40.0. The number of quaternary nitrogens is 1. The van der Waals surface area contributed by atoms with Gasteiger partial charge in [0.05, 0.1) is 33.8 Å². The number of nitrogens with one attached hydrogen (secondary N) is 1. The predicted molar refractivity (Wildman–Crippen MR) is 330 cm³/mol. The minimum atomic E-state index is -4.71. The Kier molecular flexibility index (Phi) is 54.8. The second-order valence-electron chi connectivity index (χ2n) is 22.9. The zero-order chi connectivity index (χ0) is 56.4. The quantitative estimate of drug-likeness (QED) is 0.0212. The number of phosphoric ester groups is 1. The maximum Gasteiger partial charge on any atom is 0.306 e. The minimum Gasteiger partial charge on any atom is -0.756 e. The molecule has 448 valence electrons. The van der Waals surface area contributed by atoms with Crippen LogP contribution in [0.4, 0.5) is 0 Å². The van der Waals surface area contributed by atoms with Gasteiger partial charge < -0.3 is 28.5 Å². The van der Waals surface area contributed by atoms with Crippen molar-refractivity contribution in [2.45, 2.75) is 303 Å². The minimum absolute atomic E-state index is 0.0316. The molecule has 0 saturated heterocycles. The fourth-order valence-electron chi connectivity index (χ4n) is 9.11. The van der Waals surface area contributed by atoms with Gasteiger partial charge in [0, 0.05) is 12.8 Å². The molecule has 77 heavy (non-hydrogen) atoms. The van der Waals surface area contributed by atoms with Gasteiger partial charge in [-0.2, -0.15) is 0 Å². The van der Waals surface area contributed by atoms with Gasteiger partial charge in [-0.3, -0.25) is 14.2 Å². The summed E-state index contributed by atoms with van der Waals surface area (Å²) in [5.41, 5.74) is 0. The Balaban J connectivity index is 5.17. The van der Waals surface area contributed by atoms with Crippen LogP contribution < -0.4 is 10.2 Å². The highest BCUT2D eigenvalue weighted by Crippen LogP contribution is 2.38. The molecule has 0 heterocycles. The molecule has 3 atom stereocenters. The SMILES string of the molecule is CCCCC/C=C\C/C=C\C/C=C\CCCCCCCCCCCCCCC(=O)NC(COP(=O)([O-])OCC[N+](C)(C)C)C(/C=C\CCCCCCCCCCCCC)OC(=O)CC/C=C/C/C=C\CCCCCCCC. The number of phosphoric acid groups is 1. The van der Waals surface area contributed by atoms with Crippen LogP contribution in [-0.4, -0.2) is 69.4 Å². The molecule has 1 N–H and O–H groups in total. The van der Waals surface area contributed by atoms with Gasteiger partial charge in [-0.1, -0.05) is 261 Å². The number of nitrogens with zero attached hydrogens (tertiary/aromatic N) is 1. The number of rotatable bonds is 58. The van der Waals surface area contributed by atoms with Crippen LogP contribution in [0.5, 0.6) is 0 Å². The highest BCUT2D eigenvalue weighted by molar-refractivity contribution is 7.45. The molecule has 0 aromatic heterocycles. The number of carbonyl (C=O) groups excluding carboxylic acids is 2. The van der Waals surface area contributed by atoms with Crippen LogP contribution in [0.15, 0.2) is 72.9 Å². The maximum atomic E-state index is 13.5. The van der Waals surface area contributed by atoms with E-state index >= 15 is 0 Å². The normalized spacial score (nSPS) is 14.1. The monoisotopic (exact) mass is 1100 g/mol. The van der Waals surface area contributed by atoms with Crippen LogP contribution in [0.25, 0.3) is 0 Å². The lowest BCUT2D eigenvalue weighted by Gasteiger charge is -2.30. The first-order valence-electron chi connectivity index (χ1n) is 32.2. The first kappa shape index (κ1) is 74.5. The van der Waals surface area contributed by atoms with Crippen LogP contribution in [0.2, 0.25) is 0 Å². The van der Waals surface area contributed by atoms with Crippen molar-refractivity contribution in [2.24, 2.45) is 0 Å². The maximum absolute atomic E-state index is 13.5. The van der Waals surface area contributed by atoms with Gasteiger partial charge in [-0.05, 0) is 89.5 Å². The fourth-order valence-corrected chi connectivity index (χ4v) is 9.83. The Labute approximate surface area is 476 Å². The molecule has 0 aromatic carbocycles. The van der Waals surface area contributed by atoms with Gasteiger partial charge in [0.1, 0.15) is 19.3 Å². The molecule has 0 aliphatic rings. The van der Waals surface area contributed by atoms with E-state index in [0.29, 0.717) is 23.9 Å². The van der Waals surface area contributed by atoms with E-state index in [1.165, 1.54) is 180 Å². The lowest BCUT2D eigenvalue weighted by molar-refractivity contribution is -0.870. The number of hydrogen-bond donors (Lipinski definition) is 1. The van der Waals surface area contributed by atoms with Crippen molar-refractivity contribution in [1.29, 1.82) is 0 Å². The summed E-state index contributed by atoms with van der Waals surface area (Å²) in [5, 5.41) is 3.02. The zero-order valence-corrected chi connectivity index (χ0v) is 52.0. The number of amides is 1. The van der Waals surface area contributed by atoms with Crippen LogP contribution in [-0.2, 0) is 27.9 Å².